The van der Waals surface area contributed by atoms with E-state index in [1.807, 2.05) is 30.3 Å². The van der Waals surface area contributed by atoms with Gasteiger partial charge in [-0.2, -0.15) is 0 Å². The average molecular weight is 219 g/mol. The minimum absolute atomic E-state index is 0.0368. The predicted octanol–water partition coefficient (Wildman–Crippen LogP) is 2.25. The Labute approximate surface area is 93.9 Å². The standard InChI is InChI=1S/C12H13NO3/c14-11(6-7-12-15-8-9-16-12)13-10-4-2-1-3-5-10/h1-5,8-9,12H,6-7H2,(H,13,14). The molecule has 4 nitrogen and oxygen atoms in total. The summed E-state index contributed by atoms with van der Waals surface area (Å²) in [6, 6.07) is 9.36. The molecule has 0 saturated heterocycles. The fourth-order valence-electron chi connectivity index (χ4n) is 1.40. The van der Waals surface area contributed by atoms with Crippen LogP contribution >= 0.6 is 0 Å². The van der Waals surface area contributed by atoms with Gasteiger partial charge in [-0.05, 0) is 12.1 Å². The number of carbonyl (C=O) groups is 1. The molecule has 0 spiro atoms. The van der Waals surface area contributed by atoms with Crippen molar-refractivity contribution in [3.05, 3.63) is 42.9 Å². The van der Waals surface area contributed by atoms with Crippen molar-refractivity contribution in [3.8, 4) is 0 Å². The summed E-state index contributed by atoms with van der Waals surface area (Å²) in [5.74, 6) is -0.0368. The monoisotopic (exact) mass is 219 g/mol. The number of rotatable bonds is 4. The highest BCUT2D eigenvalue weighted by Gasteiger charge is 2.14. The topological polar surface area (TPSA) is 47.6 Å². The summed E-state index contributed by atoms with van der Waals surface area (Å²) in [7, 11) is 0. The molecule has 1 aliphatic rings. The Morgan fingerprint density at radius 2 is 1.88 bits per heavy atom. The van der Waals surface area contributed by atoms with Crippen LogP contribution in [0.5, 0.6) is 0 Å². The van der Waals surface area contributed by atoms with Crippen LogP contribution in [0.25, 0.3) is 0 Å². The van der Waals surface area contributed by atoms with Crippen LogP contribution in [0.15, 0.2) is 42.9 Å². The largest absolute Gasteiger partial charge is 0.459 e. The number of amides is 1. The normalized spacial score (nSPS) is 14.2. The Balaban J connectivity index is 1.72. The molecule has 0 aliphatic carbocycles. The molecule has 1 aromatic carbocycles. The summed E-state index contributed by atoms with van der Waals surface area (Å²) in [6.07, 6.45) is 3.58. The van der Waals surface area contributed by atoms with Crippen LogP contribution in [0.3, 0.4) is 0 Å². The van der Waals surface area contributed by atoms with Gasteiger partial charge in [0.2, 0.25) is 12.2 Å². The lowest BCUT2D eigenvalue weighted by Crippen LogP contribution is -2.15. The van der Waals surface area contributed by atoms with E-state index in [9.17, 15) is 4.79 Å². The molecule has 84 valence electrons. The minimum Gasteiger partial charge on any atom is -0.459 e. The maximum atomic E-state index is 11.5. The maximum absolute atomic E-state index is 11.5. The van der Waals surface area contributed by atoms with Gasteiger partial charge in [-0.3, -0.25) is 4.79 Å². The quantitative estimate of drug-likeness (QED) is 0.844. The Kier molecular flexibility index (Phi) is 3.43. The van der Waals surface area contributed by atoms with Crippen molar-refractivity contribution < 1.29 is 14.3 Å². The molecule has 1 aromatic rings. The van der Waals surface area contributed by atoms with E-state index in [4.69, 9.17) is 9.47 Å². The molecular weight excluding hydrogens is 206 g/mol. The van der Waals surface area contributed by atoms with Gasteiger partial charge in [0, 0.05) is 18.5 Å². The Hall–Kier alpha value is -1.97. The van der Waals surface area contributed by atoms with Gasteiger partial charge in [0.1, 0.15) is 12.5 Å². The van der Waals surface area contributed by atoms with E-state index in [2.05, 4.69) is 5.32 Å². The number of hydrogen-bond acceptors (Lipinski definition) is 3. The van der Waals surface area contributed by atoms with Gasteiger partial charge >= 0.3 is 0 Å². The van der Waals surface area contributed by atoms with Crippen molar-refractivity contribution >= 4 is 11.6 Å². The highest BCUT2D eigenvalue weighted by Crippen LogP contribution is 2.12. The molecule has 0 bridgehead atoms. The van der Waals surface area contributed by atoms with Gasteiger partial charge in [0.15, 0.2) is 0 Å². The van der Waals surface area contributed by atoms with E-state index >= 15 is 0 Å². The van der Waals surface area contributed by atoms with Crippen molar-refractivity contribution in [2.24, 2.45) is 0 Å². The number of hydrogen-bond donors (Lipinski definition) is 1. The summed E-state index contributed by atoms with van der Waals surface area (Å²) in [5, 5.41) is 2.80. The van der Waals surface area contributed by atoms with Gasteiger partial charge in [-0.25, -0.2) is 0 Å². The first-order chi connectivity index (χ1) is 7.84. The van der Waals surface area contributed by atoms with Crippen LogP contribution in [0, 0.1) is 0 Å². The van der Waals surface area contributed by atoms with Crippen molar-refractivity contribution in [1.29, 1.82) is 0 Å². The number of anilines is 1. The molecule has 2 rings (SSSR count). The highest BCUT2D eigenvalue weighted by atomic mass is 16.7. The number of para-hydroxylation sites is 1. The lowest BCUT2D eigenvalue weighted by Gasteiger charge is -2.09. The van der Waals surface area contributed by atoms with E-state index in [-0.39, 0.29) is 12.2 Å². The second kappa shape index (κ2) is 5.21. The summed E-state index contributed by atoms with van der Waals surface area (Å²) in [4.78, 5) is 11.5. The molecule has 4 heteroatoms. The summed E-state index contributed by atoms with van der Waals surface area (Å²) >= 11 is 0. The molecule has 1 N–H and O–H groups in total. The zero-order valence-electron chi connectivity index (χ0n) is 8.76. The van der Waals surface area contributed by atoms with Crippen LogP contribution in [0.1, 0.15) is 12.8 Å². The molecule has 0 radical (unpaired) electrons. The van der Waals surface area contributed by atoms with E-state index < -0.39 is 0 Å². The predicted molar refractivity (Wildman–Crippen MR) is 59.4 cm³/mol. The second-order valence-electron chi connectivity index (χ2n) is 3.43. The van der Waals surface area contributed by atoms with Crippen molar-refractivity contribution in [3.63, 3.8) is 0 Å². The Morgan fingerprint density at radius 1 is 1.19 bits per heavy atom. The van der Waals surface area contributed by atoms with Gasteiger partial charge in [-0.1, -0.05) is 18.2 Å². The molecular formula is C12H13NO3. The van der Waals surface area contributed by atoms with Crippen LogP contribution < -0.4 is 5.32 Å². The average Bonchev–Trinajstić information content (AvgIpc) is 2.81. The fraction of sp³-hybridized carbons (Fsp3) is 0.250. The van der Waals surface area contributed by atoms with Gasteiger partial charge in [0.25, 0.3) is 0 Å². The zero-order valence-corrected chi connectivity index (χ0v) is 8.76. The van der Waals surface area contributed by atoms with E-state index in [1.54, 1.807) is 0 Å². The molecule has 0 fully saturated rings. The maximum Gasteiger partial charge on any atom is 0.240 e. The van der Waals surface area contributed by atoms with E-state index in [1.165, 1.54) is 12.5 Å². The van der Waals surface area contributed by atoms with Crippen molar-refractivity contribution in [2.45, 2.75) is 19.1 Å². The zero-order chi connectivity index (χ0) is 11.2. The first-order valence-corrected chi connectivity index (χ1v) is 5.15. The molecule has 0 unspecified atom stereocenters. The molecule has 0 aromatic heterocycles. The van der Waals surface area contributed by atoms with E-state index in [0.29, 0.717) is 12.8 Å². The van der Waals surface area contributed by atoms with Crippen LogP contribution in [0.2, 0.25) is 0 Å². The van der Waals surface area contributed by atoms with Crippen LogP contribution in [-0.4, -0.2) is 12.2 Å². The summed E-state index contributed by atoms with van der Waals surface area (Å²) in [5.41, 5.74) is 0.805. The lowest BCUT2D eigenvalue weighted by atomic mass is 10.2. The molecule has 1 amide bonds. The SMILES string of the molecule is O=C(CCC1OC=CO1)Nc1ccccc1. The highest BCUT2D eigenvalue weighted by molar-refractivity contribution is 5.90. The number of ether oxygens (including phenoxy) is 2. The van der Waals surface area contributed by atoms with Crippen LogP contribution in [-0.2, 0) is 14.3 Å². The third-order valence-electron chi connectivity index (χ3n) is 2.18. The van der Waals surface area contributed by atoms with Gasteiger partial charge < -0.3 is 14.8 Å². The Morgan fingerprint density at radius 3 is 2.56 bits per heavy atom. The van der Waals surface area contributed by atoms with Gasteiger partial charge in [-0.15, -0.1) is 0 Å². The number of carbonyl (C=O) groups excluding carboxylic acids is 1. The second-order valence-corrected chi connectivity index (χ2v) is 3.43. The molecule has 16 heavy (non-hydrogen) atoms. The van der Waals surface area contributed by atoms with Crippen molar-refractivity contribution in [2.75, 3.05) is 5.32 Å². The number of benzene rings is 1. The third kappa shape index (κ3) is 3.02. The first-order valence-electron chi connectivity index (χ1n) is 5.15. The smallest absolute Gasteiger partial charge is 0.240 e. The van der Waals surface area contributed by atoms with Crippen molar-refractivity contribution in [1.82, 2.24) is 0 Å². The number of nitrogens with one attached hydrogen (secondary N) is 1. The first kappa shape index (κ1) is 10.5. The molecule has 0 saturated carbocycles. The Bertz CT molecular complexity index is 367. The summed E-state index contributed by atoms with van der Waals surface area (Å²) in [6.45, 7) is 0. The fourth-order valence-corrected chi connectivity index (χ4v) is 1.40. The lowest BCUT2D eigenvalue weighted by molar-refractivity contribution is -0.118. The molecule has 1 heterocycles. The van der Waals surface area contributed by atoms with Gasteiger partial charge in [0.05, 0.1) is 0 Å². The minimum atomic E-state index is -0.318. The molecule has 0 atom stereocenters. The summed E-state index contributed by atoms with van der Waals surface area (Å²) < 4.78 is 10.1. The van der Waals surface area contributed by atoms with E-state index in [0.717, 1.165) is 5.69 Å². The van der Waals surface area contributed by atoms with Crippen LogP contribution in [0.4, 0.5) is 5.69 Å². The molecule has 1 aliphatic heterocycles. The third-order valence-corrected chi connectivity index (χ3v) is 2.18.